The van der Waals surface area contributed by atoms with Crippen LogP contribution >= 0.6 is 0 Å². The molecule has 1 N–H and O–H groups in total. The number of allylic oxidation sites excluding steroid dienone is 1. The van der Waals surface area contributed by atoms with E-state index in [1.165, 1.54) is 49.6 Å². The normalized spacial score (nSPS) is 12.8. The Balaban J connectivity index is 2.52. The largest absolute Gasteiger partial charge is 0.506 e. The quantitative estimate of drug-likeness (QED) is 0.363. The number of ketones is 1. The number of hydrogen-bond donors (Lipinski definition) is 1. The number of Topliss-reactive ketones (excluding diaryl/α,β-unsaturated/α-hetero) is 1. The summed E-state index contributed by atoms with van der Waals surface area (Å²) in [6.45, 7) is 0. The Morgan fingerprint density at radius 2 is 1.73 bits per heavy atom. The highest BCUT2D eigenvalue weighted by molar-refractivity contribution is 6.20. The van der Waals surface area contributed by atoms with Crippen molar-refractivity contribution in [2.45, 2.75) is 6.18 Å². The molecule has 2 aromatic rings. The van der Waals surface area contributed by atoms with Crippen LogP contribution in [0.5, 0.6) is 5.75 Å². The Hall–Kier alpha value is -3.16. The number of carbonyl (C=O) groups excluding carboxylic acids is 1. The maximum absolute atomic E-state index is 13.6. The molecule has 0 heterocycles. The van der Waals surface area contributed by atoms with E-state index in [-0.39, 0.29) is 11.3 Å². The molecule has 0 radical (unpaired) electrons. The lowest BCUT2D eigenvalue weighted by Gasteiger charge is -2.09. The van der Waals surface area contributed by atoms with Crippen molar-refractivity contribution < 1.29 is 32.2 Å². The van der Waals surface area contributed by atoms with Gasteiger partial charge in [0.1, 0.15) is 17.3 Å². The predicted octanol–water partition coefficient (Wildman–Crippen LogP) is 4.64. The van der Waals surface area contributed by atoms with E-state index in [0.29, 0.717) is 12.0 Å². The summed E-state index contributed by atoms with van der Waals surface area (Å²) < 4.78 is 57.0. The molecule has 0 spiro atoms. The van der Waals surface area contributed by atoms with Gasteiger partial charge in [0.2, 0.25) is 0 Å². The molecule has 0 bridgehead atoms. The third-order valence-corrected chi connectivity index (χ3v) is 3.31. The van der Waals surface area contributed by atoms with E-state index in [9.17, 15) is 27.5 Å². The minimum atomic E-state index is -5.24. The lowest BCUT2D eigenvalue weighted by Crippen LogP contribution is -2.26. The molecule has 0 amide bonds. The molecule has 0 aromatic heterocycles. The van der Waals surface area contributed by atoms with Gasteiger partial charge in [-0.3, -0.25) is 9.79 Å². The first-order valence-electron chi connectivity index (χ1n) is 7.22. The summed E-state index contributed by atoms with van der Waals surface area (Å²) in [6, 6.07) is 10.4. The molecule has 0 aliphatic rings. The van der Waals surface area contributed by atoms with Crippen LogP contribution in [-0.4, -0.2) is 30.4 Å². The highest BCUT2D eigenvalue weighted by Gasteiger charge is 2.41. The summed E-state index contributed by atoms with van der Waals surface area (Å²) >= 11 is 0. The summed E-state index contributed by atoms with van der Waals surface area (Å²) in [5, 5.41) is 10.2. The number of aliphatic hydroxyl groups excluding tert-OH is 1. The molecule has 0 saturated heterocycles. The second-order valence-corrected chi connectivity index (χ2v) is 5.03. The minimum Gasteiger partial charge on any atom is -0.506 e. The first-order valence-corrected chi connectivity index (χ1v) is 7.22. The molecule has 0 atom stereocenters. The number of benzene rings is 2. The van der Waals surface area contributed by atoms with Gasteiger partial charge in [-0.05, 0) is 36.4 Å². The Morgan fingerprint density at radius 3 is 2.27 bits per heavy atom. The molecule has 136 valence electrons. The highest BCUT2D eigenvalue weighted by atomic mass is 19.4. The monoisotopic (exact) mass is 367 g/mol. The van der Waals surface area contributed by atoms with E-state index in [1.54, 1.807) is 0 Å². The molecular weight excluding hydrogens is 354 g/mol. The highest BCUT2D eigenvalue weighted by Crippen LogP contribution is 2.26. The topological polar surface area (TPSA) is 58.9 Å². The van der Waals surface area contributed by atoms with Crippen molar-refractivity contribution in [3.8, 4) is 5.75 Å². The van der Waals surface area contributed by atoms with E-state index in [2.05, 4.69) is 4.99 Å². The number of methoxy groups -OCH3 is 1. The minimum absolute atomic E-state index is 0.0571. The smallest absolute Gasteiger partial charge is 0.455 e. The number of hydrogen-bond acceptors (Lipinski definition) is 4. The van der Waals surface area contributed by atoms with Crippen molar-refractivity contribution in [3.63, 3.8) is 0 Å². The summed E-state index contributed by atoms with van der Waals surface area (Å²) in [5.41, 5.74) is -1.44. The molecular formula is C18H13F4NO3. The van der Waals surface area contributed by atoms with E-state index >= 15 is 0 Å². The van der Waals surface area contributed by atoms with Crippen molar-refractivity contribution in [1.82, 2.24) is 0 Å². The molecule has 2 aromatic carbocycles. The van der Waals surface area contributed by atoms with Gasteiger partial charge >= 0.3 is 6.18 Å². The Labute approximate surface area is 146 Å². The van der Waals surface area contributed by atoms with Crippen LogP contribution in [0.15, 0.2) is 59.1 Å². The van der Waals surface area contributed by atoms with Crippen LogP contribution in [0.3, 0.4) is 0 Å². The summed E-state index contributed by atoms with van der Waals surface area (Å²) in [6.07, 6.45) is -4.75. The third kappa shape index (κ3) is 4.47. The van der Waals surface area contributed by atoms with Crippen LogP contribution in [0, 0.1) is 5.82 Å². The summed E-state index contributed by atoms with van der Waals surface area (Å²) in [7, 11) is 1.39. The number of ether oxygens (including phenoxy) is 1. The van der Waals surface area contributed by atoms with Crippen LogP contribution in [0.1, 0.15) is 5.56 Å². The van der Waals surface area contributed by atoms with Gasteiger partial charge in [0, 0.05) is 11.8 Å². The third-order valence-electron chi connectivity index (χ3n) is 3.31. The van der Waals surface area contributed by atoms with Gasteiger partial charge in [-0.2, -0.15) is 13.2 Å². The molecule has 26 heavy (non-hydrogen) atoms. The fourth-order valence-corrected chi connectivity index (χ4v) is 1.97. The summed E-state index contributed by atoms with van der Waals surface area (Å²) in [5.74, 6) is -3.61. The average Bonchev–Trinajstić information content (AvgIpc) is 2.62. The molecule has 0 saturated carbocycles. The van der Waals surface area contributed by atoms with Crippen LogP contribution in [0.2, 0.25) is 0 Å². The van der Waals surface area contributed by atoms with Gasteiger partial charge in [0.05, 0.1) is 18.4 Å². The Morgan fingerprint density at radius 1 is 1.12 bits per heavy atom. The molecule has 8 heteroatoms. The Bertz CT molecular complexity index is 855. The zero-order chi connectivity index (χ0) is 19.3. The summed E-state index contributed by atoms with van der Waals surface area (Å²) in [4.78, 5) is 15.2. The lowest BCUT2D eigenvalue weighted by atomic mass is 10.0. The van der Waals surface area contributed by atoms with Crippen LogP contribution < -0.4 is 4.74 Å². The van der Waals surface area contributed by atoms with Gasteiger partial charge < -0.3 is 9.84 Å². The first kappa shape index (κ1) is 19.2. The number of para-hydroxylation sites is 1. The van der Waals surface area contributed by atoms with Gasteiger partial charge in [0.15, 0.2) is 0 Å². The maximum Gasteiger partial charge on any atom is 0.455 e. The first-order chi connectivity index (χ1) is 12.2. The second-order valence-electron chi connectivity index (χ2n) is 5.03. The van der Waals surface area contributed by atoms with Gasteiger partial charge in [-0.1, -0.05) is 12.1 Å². The van der Waals surface area contributed by atoms with Crippen LogP contribution in [0.25, 0.3) is 5.76 Å². The number of carbonyl (C=O) groups is 1. The van der Waals surface area contributed by atoms with E-state index in [4.69, 9.17) is 4.74 Å². The molecule has 4 nitrogen and oxygen atoms in total. The van der Waals surface area contributed by atoms with E-state index in [0.717, 1.165) is 6.07 Å². The van der Waals surface area contributed by atoms with Gasteiger partial charge in [-0.15, -0.1) is 0 Å². The molecule has 0 unspecified atom stereocenters. The number of aliphatic hydroxyl groups is 1. The second kappa shape index (κ2) is 7.81. The zero-order valence-electron chi connectivity index (χ0n) is 13.4. The zero-order valence-corrected chi connectivity index (χ0v) is 13.4. The van der Waals surface area contributed by atoms with E-state index < -0.39 is 29.1 Å². The van der Waals surface area contributed by atoms with Crippen molar-refractivity contribution in [1.29, 1.82) is 0 Å². The van der Waals surface area contributed by atoms with Crippen molar-refractivity contribution in [2.24, 2.45) is 4.99 Å². The number of nitrogens with zero attached hydrogens (tertiary/aromatic N) is 1. The molecule has 0 fully saturated rings. The number of halogens is 4. The van der Waals surface area contributed by atoms with E-state index in [1.807, 2.05) is 0 Å². The predicted molar refractivity (Wildman–Crippen MR) is 88.2 cm³/mol. The number of aliphatic imine (C=N–C) groups is 1. The van der Waals surface area contributed by atoms with Crippen molar-refractivity contribution in [3.05, 3.63) is 65.5 Å². The van der Waals surface area contributed by atoms with Crippen molar-refractivity contribution in [2.75, 3.05) is 7.11 Å². The van der Waals surface area contributed by atoms with Crippen molar-refractivity contribution >= 4 is 23.4 Å². The molecule has 2 rings (SSSR count). The van der Waals surface area contributed by atoms with Crippen LogP contribution in [-0.2, 0) is 4.79 Å². The fourth-order valence-electron chi connectivity index (χ4n) is 1.97. The van der Waals surface area contributed by atoms with Crippen LogP contribution in [0.4, 0.5) is 23.2 Å². The standard InChI is InChI=1S/C18H13F4NO3/c1-26-12-8-6-11(7-9-12)16(24)13(17(25)18(20,21)22)10-23-15-5-3-2-4-14(15)19/h2-10,24H,1H3/b16-13+,23-10?. The maximum atomic E-state index is 13.6. The average molecular weight is 367 g/mol. The fraction of sp³-hybridized carbons (Fsp3) is 0.111. The molecule has 0 aliphatic heterocycles. The van der Waals surface area contributed by atoms with Gasteiger partial charge in [-0.25, -0.2) is 4.39 Å². The lowest BCUT2D eigenvalue weighted by molar-refractivity contribution is -0.165. The van der Waals surface area contributed by atoms with Gasteiger partial charge in [0.25, 0.3) is 5.78 Å². The number of rotatable bonds is 5. The number of alkyl halides is 3. The SMILES string of the molecule is COc1ccc(/C(O)=C(/C=Nc2ccccc2F)C(=O)C(F)(F)F)cc1. The molecule has 0 aliphatic carbocycles. The Kier molecular flexibility index (Phi) is 5.76.